The topological polar surface area (TPSA) is 69.0 Å². The first-order valence-electron chi connectivity index (χ1n) is 6.68. The van der Waals surface area contributed by atoms with Crippen LogP contribution in [0.2, 0.25) is 0 Å². The van der Waals surface area contributed by atoms with Gasteiger partial charge in [0.2, 0.25) is 5.91 Å². The third-order valence-electron chi connectivity index (χ3n) is 2.84. The van der Waals surface area contributed by atoms with E-state index in [2.05, 4.69) is 15.5 Å². The predicted octanol–water partition coefficient (Wildman–Crippen LogP) is 1.57. The van der Waals surface area contributed by atoms with E-state index in [4.69, 9.17) is 4.74 Å². The summed E-state index contributed by atoms with van der Waals surface area (Å²) in [6.07, 6.45) is 0. The number of carbonyl (C=O) groups excluding carboxylic acids is 1. The number of benzene rings is 1. The molecule has 118 valence electrons. The van der Waals surface area contributed by atoms with Gasteiger partial charge in [-0.05, 0) is 31.2 Å². The van der Waals surface area contributed by atoms with Gasteiger partial charge in [0.05, 0.1) is 12.4 Å². The van der Waals surface area contributed by atoms with Crippen molar-refractivity contribution >= 4 is 17.7 Å². The summed E-state index contributed by atoms with van der Waals surface area (Å²) < 4.78 is 19.7. The van der Waals surface area contributed by atoms with Gasteiger partial charge in [0, 0.05) is 19.3 Å². The second kappa shape index (κ2) is 7.90. The van der Waals surface area contributed by atoms with Gasteiger partial charge in [0.15, 0.2) is 5.16 Å². The summed E-state index contributed by atoms with van der Waals surface area (Å²) in [5.74, 6) is 0.492. The zero-order valence-electron chi connectivity index (χ0n) is 12.4. The first kappa shape index (κ1) is 16.4. The molecule has 1 aromatic carbocycles. The van der Waals surface area contributed by atoms with Crippen molar-refractivity contribution in [1.29, 1.82) is 0 Å². The lowest BCUT2D eigenvalue weighted by molar-refractivity contribution is -0.118. The van der Waals surface area contributed by atoms with Gasteiger partial charge in [0.1, 0.15) is 11.6 Å². The van der Waals surface area contributed by atoms with Gasteiger partial charge >= 0.3 is 0 Å². The molecule has 0 saturated heterocycles. The average Bonchev–Trinajstić information content (AvgIpc) is 2.87. The second-order valence-electron chi connectivity index (χ2n) is 4.47. The molecule has 1 amide bonds. The van der Waals surface area contributed by atoms with E-state index in [0.29, 0.717) is 24.1 Å². The van der Waals surface area contributed by atoms with E-state index in [1.165, 1.54) is 23.9 Å². The van der Waals surface area contributed by atoms with Crippen LogP contribution in [-0.2, 0) is 9.53 Å². The molecule has 0 radical (unpaired) electrons. The van der Waals surface area contributed by atoms with Crippen LogP contribution >= 0.6 is 11.8 Å². The lowest BCUT2D eigenvalue weighted by atomic mass is 10.3. The summed E-state index contributed by atoms with van der Waals surface area (Å²) in [5, 5.41) is 11.4. The van der Waals surface area contributed by atoms with Crippen LogP contribution in [0.3, 0.4) is 0 Å². The number of ether oxygens (including phenoxy) is 1. The number of hydrogen-bond donors (Lipinski definition) is 1. The summed E-state index contributed by atoms with van der Waals surface area (Å²) in [6, 6.07) is 6.05. The number of nitrogens with zero attached hydrogens (tertiary/aromatic N) is 3. The van der Waals surface area contributed by atoms with Crippen molar-refractivity contribution in [3.63, 3.8) is 0 Å². The molecular formula is C14H17FN4O2S. The van der Waals surface area contributed by atoms with Crippen molar-refractivity contribution in [3.8, 4) is 5.69 Å². The van der Waals surface area contributed by atoms with E-state index in [1.54, 1.807) is 30.7 Å². The first-order chi connectivity index (χ1) is 10.6. The van der Waals surface area contributed by atoms with Gasteiger partial charge in [-0.1, -0.05) is 11.8 Å². The monoisotopic (exact) mass is 324 g/mol. The zero-order chi connectivity index (χ0) is 15.9. The number of nitrogens with one attached hydrogen (secondary N) is 1. The Morgan fingerprint density at radius 2 is 2.09 bits per heavy atom. The first-order valence-corrected chi connectivity index (χ1v) is 7.66. The molecule has 0 bridgehead atoms. The maximum Gasteiger partial charge on any atom is 0.230 e. The molecule has 2 aromatic rings. The van der Waals surface area contributed by atoms with Crippen LogP contribution in [0.15, 0.2) is 29.4 Å². The highest BCUT2D eigenvalue weighted by Gasteiger charge is 2.13. The zero-order valence-corrected chi connectivity index (χ0v) is 13.2. The normalized spacial score (nSPS) is 10.7. The van der Waals surface area contributed by atoms with E-state index in [0.717, 1.165) is 5.69 Å². The van der Waals surface area contributed by atoms with Crippen LogP contribution < -0.4 is 5.32 Å². The van der Waals surface area contributed by atoms with Gasteiger partial charge in [-0.2, -0.15) is 0 Å². The number of thioether (sulfide) groups is 1. The van der Waals surface area contributed by atoms with Crippen molar-refractivity contribution in [2.45, 2.75) is 12.1 Å². The van der Waals surface area contributed by atoms with E-state index in [9.17, 15) is 9.18 Å². The lowest BCUT2D eigenvalue weighted by Gasteiger charge is -2.08. The highest BCUT2D eigenvalue weighted by Crippen LogP contribution is 2.21. The quantitative estimate of drug-likeness (QED) is 0.618. The maximum absolute atomic E-state index is 13.0. The second-order valence-corrected chi connectivity index (χ2v) is 5.42. The predicted molar refractivity (Wildman–Crippen MR) is 81.7 cm³/mol. The molecule has 1 aromatic heterocycles. The fraction of sp³-hybridized carbons (Fsp3) is 0.357. The maximum atomic E-state index is 13.0. The molecule has 1 heterocycles. The van der Waals surface area contributed by atoms with Crippen LogP contribution in [0.25, 0.3) is 5.69 Å². The third-order valence-corrected chi connectivity index (χ3v) is 3.77. The standard InChI is InChI=1S/C14H17FN4O2S/c1-10-17-18-14(22-9-13(20)16-7-8-21-2)19(10)12-5-3-11(15)4-6-12/h3-6H,7-9H2,1-2H3,(H,16,20). The number of rotatable bonds is 7. The van der Waals surface area contributed by atoms with E-state index < -0.39 is 0 Å². The Balaban J connectivity index is 2.03. The lowest BCUT2D eigenvalue weighted by Crippen LogP contribution is -2.28. The Bertz CT molecular complexity index is 630. The van der Waals surface area contributed by atoms with Gasteiger partial charge in [0.25, 0.3) is 0 Å². The van der Waals surface area contributed by atoms with Crippen LogP contribution in [0.1, 0.15) is 5.82 Å². The molecule has 2 rings (SSSR count). The minimum absolute atomic E-state index is 0.103. The fourth-order valence-corrected chi connectivity index (χ4v) is 2.62. The van der Waals surface area contributed by atoms with Crippen molar-refractivity contribution in [2.24, 2.45) is 0 Å². The van der Waals surface area contributed by atoms with Crippen LogP contribution in [0.5, 0.6) is 0 Å². The number of amides is 1. The van der Waals surface area contributed by atoms with Gasteiger partial charge in [-0.15, -0.1) is 10.2 Å². The number of methoxy groups -OCH3 is 1. The fourth-order valence-electron chi connectivity index (χ4n) is 1.80. The van der Waals surface area contributed by atoms with Gasteiger partial charge in [-0.3, -0.25) is 9.36 Å². The molecule has 6 nitrogen and oxygen atoms in total. The highest BCUT2D eigenvalue weighted by molar-refractivity contribution is 7.99. The van der Waals surface area contributed by atoms with E-state index in [-0.39, 0.29) is 17.5 Å². The van der Waals surface area contributed by atoms with Crippen LogP contribution in [-0.4, -0.2) is 46.7 Å². The Morgan fingerprint density at radius 1 is 1.36 bits per heavy atom. The molecule has 0 aliphatic carbocycles. The number of aromatic nitrogens is 3. The number of carbonyl (C=O) groups is 1. The van der Waals surface area contributed by atoms with Crippen molar-refractivity contribution in [3.05, 3.63) is 35.9 Å². The molecule has 0 unspecified atom stereocenters. The van der Waals surface area contributed by atoms with Crippen molar-refractivity contribution in [1.82, 2.24) is 20.1 Å². The van der Waals surface area contributed by atoms with Crippen molar-refractivity contribution < 1.29 is 13.9 Å². The molecule has 22 heavy (non-hydrogen) atoms. The third kappa shape index (κ3) is 4.28. The number of halogens is 1. The molecule has 0 aliphatic heterocycles. The van der Waals surface area contributed by atoms with Crippen molar-refractivity contribution in [2.75, 3.05) is 26.0 Å². The van der Waals surface area contributed by atoms with Gasteiger partial charge in [-0.25, -0.2) is 4.39 Å². The molecule has 0 fully saturated rings. The molecule has 0 atom stereocenters. The van der Waals surface area contributed by atoms with Crippen LogP contribution in [0.4, 0.5) is 4.39 Å². The van der Waals surface area contributed by atoms with E-state index in [1.807, 2.05) is 0 Å². The summed E-state index contributed by atoms with van der Waals surface area (Å²) >= 11 is 1.28. The Hall–Kier alpha value is -1.93. The van der Waals surface area contributed by atoms with Crippen LogP contribution in [0, 0.1) is 12.7 Å². The largest absolute Gasteiger partial charge is 0.383 e. The molecule has 1 N–H and O–H groups in total. The summed E-state index contributed by atoms with van der Waals surface area (Å²) in [5.41, 5.74) is 0.756. The molecule has 0 spiro atoms. The summed E-state index contributed by atoms with van der Waals surface area (Å²) in [4.78, 5) is 11.7. The SMILES string of the molecule is COCCNC(=O)CSc1nnc(C)n1-c1ccc(F)cc1. The number of aryl methyl sites for hydroxylation is 1. The molecular weight excluding hydrogens is 307 g/mol. The molecule has 0 saturated carbocycles. The minimum Gasteiger partial charge on any atom is -0.383 e. The minimum atomic E-state index is -0.304. The summed E-state index contributed by atoms with van der Waals surface area (Å²) in [6.45, 7) is 2.75. The molecule has 0 aliphatic rings. The smallest absolute Gasteiger partial charge is 0.230 e. The summed E-state index contributed by atoms with van der Waals surface area (Å²) in [7, 11) is 1.58. The Morgan fingerprint density at radius 3 is 2.77 bits per heavy atom. The van der Waals surface area contributed by atoms with E-state index >= 15 is 0 Å². The molecule has 8 heteroatoms. The highest BCUT2D eigenvalue weighted by atomic mass is 32.2. The Labute approximate surface area is 132 Å². The average molecular weight is 324 g/mol. The van der Waals surface area contributed by atoms with Gasteiger partial charge < -0.3 is 10.1 Å². The Kier molecular flexibility index (Phi) is 5.91. The number of hydrogen-bond acceptors (Lipinski definition) is 5.